The second-order valence-corrected chi connectivity index (χ2v) is 4.60. The SMILES string of the molecule is Cc1ncccc1CN1CCCCC1CN. The van der Waals surface area contributed by atoms with E-state index in [4.69, 9.17) is 5.73 Å². The van der Waals surface area contributed by atoms with E-state index in [9.17, 15) is 0 Å². The number of nitrogens with zero attached hydrogens (tertiary/aromatic N) is 2. The second-order valence-electron chi connectivity index (χ2n) is 4.60. The van der Waals surface area contributed by atoms with Crippen molar-refractivity contribution in [2.24, 2.45) is 5.73 Å². The van der Waals surface area contributed by atoms with E-state index in [1.165, 1.54) is 31.4 Å². The molecule has 88 valence electrons. The summed E-state index contributed by atoms with van der Waals surface area (Å²) in [5, 5.41) is 0. The highest BCUT2D eigenvalue weighted by molar-refractivity contribution is 5.18. The molecule has 3 nitrogen and oxygen atoms in total. The minimum absolute atomic E-state index is 0.563. The van der Waals surface area contributed by atoms with Gasteiger partial charge >= 0.3 is 0 Å². The van der Waals surface area contributed by atoms with E-state index in [0.29, 0.717) is 6.04 Å². The molecule has 0 bridgehead atoms. The molecule has 1 saturated heterocycles. The second kappa shape index (κ2) is 5.41. The van der Waals surface area contributed by atoms with E-state index in [2.05, 4.69) is 22.9 Å². The third-order valence-corrected chi connectivity index (χ3v) is 3.51. The third-order valence-electron chi connectivity index (χ3n) is 3.51. The van der Waals surface area contributed by atoms with Crippen molar-refractivity contribution in [3.63, 3.8) is 0 Å². The predicted molar refractivity (Wildman–Crippen MR) is 66.1 cm³/mol. The quantitative estimate of drug-likeness (QED) is 0.841. The van der Waals surface area contributed by atoms with Gasteiger partial charge in [0.05, 0.1) is 0 Å². The molecular formula is C13H21N3. The van der Waals surface area contributed by atoms with Crippen LogP contribution < -0.4 is 5.73 Å². The molecule has 3 heteroatoms. The van der Waals surface area contributed by atoms with Gasteiger partial charge in [-0.15, -0.1) is 0 Å². The Morgan fingerprint density at radius 2 is 2.38 bits per heavy atom. The fourth-order valence-corrected chi connectivity index (χ4v) is 2.44. The van der Waals surface area contributed by atoms with Crippen LogP contribution in [0.3, 0.4) is 0 Å². The van der Waals surface area contributed by atoms with Crippen LogP contribution in [-0.4, -0.2) is 29.0 Å². The number of nitrogens with two attached hydrogens (primary N) is 1. The van der Waals surface area contributed by atoms with Crippen LogP contribution in [0.5, 0.6) is 0 Å². The average molecular weight is 219 g/mol. The first kappa shape index (κ1) is 11.6. The Hall–Kier alpha value is -0.930. The summed E-state index contributed by atoms with van der Waals surface area (Å²) in [6, 6.07) is 4.75. The molecule has 1 aliphatic heterocycles. The average Bonchev–Trinajstić information content (AvgIpc) is 2.33. The molecular weight excluding hydrogens is 198 g/mol. The fraction of sp³-hybridized carbons (Fsp3) is 0.615. The molecule has 0 saturated carbocycles. The summed E-state index contributed by atoms with van der Waals surface area (Å²) in [5.41, 5.74) is 8.31. The molecule has 0 aliphatic carbocycles. The van der Waals surface area contributed by atoms with Crippen LogP contribution >= 0.6 is 0 Å². The van der Waals surface area contributed by atoms with Gasteiger partial charge in [-0.1, -0.05) is 12.5 Å². The van der Waals surface area contributed by atoms with Crippen molar-refractivity contribution in [3.8, 4) is 0 Å². The number of rotatable bonds is 3. The standard InChI is InChI=1S/C13H21N3/c1-11-12(5-4-7-15-11)10-16-8-3-2-6-13(16)9-14/h4-5,7,13H,2-3,6,8-10,14H2,1H3. The van der Waals surface area contributed by atoms with Crippen LogP contribution in [0, 0.1) is 6.92 Å². The van der Waals surface area contributed by atoms with Crippen molar-refractivity contribution < 1.29 is 0 Å². The third kappa shape index (κ3) is 2.60. The summed E-state index contributed by atoms with van der Waals surface area (Å²) in [6.07, 6.45) is 5.73. The minimum Gasteiger partial charge on any atom is -0.329 e. The van der Waals surface area contributed by atoms with Crippen LogP contribution in [0.25, 0.3) is 0 Å². The molecule has 16 heavy (non-hydrogen) atoms. The number of likely N-dealkylation sites (tertiary alicyclic amines) is 1. The van der Waals surface area contributed by atoms with Gasteiger partial charge < -0.3 is 5.73 Å². The molecule has 2 N–H and O–H groups in total. The van der Waals surface area contributed by atoms with E-state index in [1.54, 1.807) is 0 Å². The van der Waals surface area contributed by atoms with Crippen LogP contribution in [0.2, 0.25) is 0 Å². The van der Waals surface area contributed by atoms with E-state index in [0.717, 1.165) is 18.8 Å². The molecule has 0 spiro atoms. The summed E-state index contributed by atoms with van der Waals surface area (Å²) >= 11 is 0. The lowest BCUT2D eigenvalue weighted by Crippen LogP contribution is -2.43. The van der Waals surface area contributed by atoms with Crippen molar-refractivity contribution in [2.75, 3.05) is 13.1 Å². The summed E-state index contributed by atoms with van der Waals surface area (Å²) in [7, 11) is 0. The molecule has 1 aromatic heterocycles. The Labute approximate surface area is 97.7 Å². The minimum atomic E-state index is 0.563. The highest BCUT2D eigenvalue weighted by Gasteiger charge is 2.21. The van der Waals surface area contributed by atoms with Gasteiger partial charge in [0.1, 0.15) is 0 Å². The zero-order valence-corrected chi connectivity index (χ0v) is 10.0. The van der Waals surface area contributed by atoms with Crippen LogP contribution in [0.4, 0.5) is 0 Å². The first-order valence-electron chi connectivity index (χ1n) is 6.16. The normalized spacial score (nSPS) is 22.2. The van der Waals surface area contributed by atoms with Crippen LogP contribution in [-0.2, 0) is 6.54 Å². The lowest BCUT2D eigenvalue weighted by molar-refractivity contribution is 0.144. The van der Waals surface area contributed by atoms with Crippen molar-refractivity contribution in [3.05, 3.63) is 29.6 Å². The molecule has 1 atom stereocenters. The Morgan fingerprint density at radius 1 is 1.50 bits per heavy atom. The topological polar surface area (TPSA) is 42.2 Å². The highest BCUT2D eigenvalue weighted by Crippen LogP contribution is 2.19. The van der Waals surface area contributed by atoms with E-state index in [1.807, 2.05) is 12.3 Å². The zero-order chi connectivity index (χ0) is 11.4. The molecule has 1 aliphatic rings. The number of aryl methyl sites for hydroxylation is 1. The van der Waals surface area contributed by atoms with Gasteiger partial charge in [0.2, 0.25) is 0 Å². The molecule has 0 aromatic carbocycles. The Morgan fingerprint density at radius 3 is 3.12 bits per heavy atom. The van der Waals surface area contributed by atoms with E-state index >= 15 is 0 Å². The van der Waals surface area contributed by atoms with Gasteiger partial charge in [0, 0.05) is 31.0 Å². The monoisotopic (exact) mass is 219 g/mol. The van der Waals surface area contributed by atoms with Crippen molar-refractivity contribution in [1.82, 2.24) is 9.88 Å². The van der Waals surface area contributed by atoms with Gasteiger partial charge in [-0.2, -0.15) is 0 Å². The lowest BCUT2D eigenvalue weighted by atomic mass is 10.0. The summed E-state index contributed by atoms with van der Waals surface area (Å²) in [5.74, 6) is 0. The number of piperidine rings is 1. The maximum absolute atomic E-state index is 5.83. The van der Waals surface area contributed by atoms with Crippen molar-refractivity contribution in [2.45, 2.75) is 38.8 Å². The smallest absolute Gasteiger partial charge is 0.0417 e. The number of pyridine rings is 1. The Balaban J connectivity index is 2.05. The van der Waals surface area contributed by atoms with Gasteiger partial charge in [0.15, 0.2) is 0 Å². The molecule has 1 unspecified atom stereocenters. The van der Waals surface area contributed by atoms with E-state index < -0.39 is 0 Å². The van der Waals surface area contributed by atoms with Gasteiger partial charge in [0.25, 0.3) is 0 Å². The van der Waals surface area contributed by atoms with Crippen LogP contribution in [0.1, 0.15) is 30.5 Å². The maximum atomic E-state index is 5.83. The number of aromatic nitrogens is 1. The first-order valence-corrected chi connectivity index (χ1v) is 6.16. The maximum Gasteiger partial charge on any atom is 0.0417 e. The summed E-state index contributed by atoms with van der Waals surface area (Å²) in [4.78, 5) is 6.85. The summed E-state index contributed by atoms with van der Waals surface area (Å²) < 4.78 is 0. The van der Waals surface area contributed by atoms with Crippen molar-refractivity contribution >= 4 is 0 Å². The van der Waals surface area contributed by atoms with Gasteiger partial charge in [-0.05, 0) is 37.9 Å². The first-order chi connectivity index (χ1) is 7.81. The molecule has 2 rings (SSSR count). The largest absolute Gasteiger partial charge is 0.329 e. The molecule has 1 fully saturated rings. The molecule has 0 radical (unpaired) electrons. The lowest BCUT2D eigenvalue weighted by Gasteiger charge is -2.35. The van der Waals surface area contributed by atoms with Crippen molar-refractivity contribution in [1.29, 1.82) is 0 Å². The Bertz CT molecular complexity index is 338. The molecule has 0 amide bonds. The van der Waals surface area contributed by atoms with Crippen LogP contribution in [0.15, 0.2) is 18.3 Å². The molecule has 1 aromatic rings. The predicted octanol–water partition coefficient (Wildman–Crippen LogP) is 1.70. The fourth-order valence-electron chi connectivity index (χ4n) is 2.44. The zero-order valence-electron chi connectivity index (χ0n) is 10.0. The molecule has 2 heterocycles. The number of hydrogen-bond donors (Lipinski definition) is 1. The number of hydrogen-bond acceptors (Lipinski definition) is 3. The van der Waals surface area contributed by atoms with Gasteiger partial charge in [-0.25, -0.2) is 0 Å². The van der Waals surface area contributed by atoms with E-state index in [-0.39, 0.29) is 0 Å². The Kier molecular flexibility index (Phi) is 3.91. The van der Waals surface area contributed by atoms with Gasteiger partial charge in [-0.3, -0.25) is 9.88 Å². The summed E-state index contributed by atoms with van der Waals surface area (Å²) in [6.45, 7) is 5.04. The highest BCUT2D eigenvalue weighted by atomic mass is 15.2.